The minimum Gasteiger partial charge on any atom is -0.465 e. The molecule has 0 aliphatic carbocycles. The highest BCUT2D eigenvalue weighted by atomic mass is 16.5. The minimum absolute atomic E-state index is 0.208. The van der Waals surface area contributed by atoms with Crippen LogP contribution in [0.5, 0.6) is 0 Å². The SMILES string of the molecule is CCOC(=O)CN(C)c1ccc(C#N)cc1. The molecule has 0 heterocycles. The first kappa shape index (κ1) is 12.1. The van der Waals surface area contributed by atoms with Gasteiger partial charge in [-0.25, -0.2) is 0 Å². The standard InChI is InChI=1S/C12H14N2O2/c1-3-16-12(15)9-14(2)11-6-4-10(8-13)5-7-11/h4-7H,3,9H2,1-2H3. The van der Waals surface area contributed by atoms with Crippen LogP contribution in [0.3, 0.4) is 0 Å². The van der Waals surface area contributed by atoms with Gasteiger partial charge in [0.15, 0.2) is 0 Å². The Bertz CT molecular complexity index is 392. The highest BCUT2D eigenvalue weighted by Gasteiger charge is 2.07. The number of nitriles is 1. The molecule has 1 aromatic rings. The highest BCUT2D eigenvalue weighted by molar-refractivity contribution is 5.75. The molecule has 0 saturated carbocycles. The van der Waals surface area contributed by atoms with Crippen molar-refractivity contribution in [2.24, 2.45) is 0 Å². The van der Waals surface area contributed by atoms with Crippen LogP contribution in [0.2, 0.25) is 0 Å². The van der Waals surface area contributed by atoms with Crippen molar-refractivity contribution < 1.29 is 9.53 Å². The van der Waals surface area contributed by atoms with E-state index in [1.807, 2.05) is 6.07 Å². The van der Waals surface area contributed by atoms with Gasteiger partial charge in [-0.15, -0.1) is 0 Å². The third-order valence-electron chi connectivity index (χ3n) is 2.11. The second-order valence-electron chi connectivity index (χ2n) is 3.32. The Morgan fingerprint density at radius 3 is 2.56 bits per heavy atom. The van der Waals surface area contributed by atoms with E-state index in [2.05, 4.69) is 0 Å². The van der Waals surface area contributed by atoms with Gasteiger partial charge >= 0.3 is 5.97 Å². The maximum Gasteiger partial charge on any atom is 0.325 e. The van der Waals surface area contributed by atoms with Gasteiger partial charge in [0.2, 0.25) is 0 Å². The van der Waals surface area contributed by atoms with Gasteiger partial charge in [-0.3, -0.25) is 4.79 Å². The lowest BCUT2D eigenvalue weighted by molar-refractivity contribution is -0.141. The minimum atomic E-state index is -0.255. The third-order valence-corrected chi connectivity index (χ3v) is 2.11. The summed E-state index contributed by atoms with van der Waals surface area (Å²) >= 11 is 0. The lowest BCUT2D eigenvalue weighted by atomic mass is 10.2. The Morgan fingerprint density at radius 1 is 1.44 bits per heavy atom. The summed E-state index contributed by atoms with van der Waals surface area (Å²) in [6, 6.07) is 9.09. The van der Waals surface area contributed by atoms with Crippen molar-refractivity contribution in [3.05, 3.63) is 29.8 Å². The molecule has 0 aliphatic rings. The molecular weight excluding hydrogens is 204 g/mol. The van der Waals surface area contributed by atoms with Gasteiger partial charge in [0.25, 0.3) is 0 Å². The summed E-state index contributed by atoms with van der Waals surface area (Å²) in [7, 11) is 1.80. The lowest BCUT2D eigenvalue weighted by Crippen LogP contribution is -2.26. The van der Waals surface area contributed by atoms with Crippen molar-refractivity contribution in [3.8, 4) is 6.07 Å². The van der Waals surface area contributed by atoms with Gasteiger partial charge in [0.05, 0.1) is 18.2 Å². The van der Waals surface area contributed by atoms with Crippen LogP contribution in [0.15, 0.2) is 24.3 Å². The Balaban J connectivity index is 2.63. The largest absolute Gasteiger partial charge is 0.465 e. The zero-order valence-corrected chi connectivity index (χ0v) is 9.43. The van der Waals surface area contributed by atoms with Gasteiger partial charge in [0, 0.05) is 12.7 Å². The number of likely N-dealkylation sites (N-methyl/N-ethyl adjacent to an activating group) is 1. The molecule has 0 N–H and O–H groups in total. The second kappa shape index (κ2) is 5.76. The van der Waals surface area contributed by atoms with Crippen molar-refractivity contribution in [1.29, 1.82) is 5.26 Å². The van der Waals surface area contributed by atoms with Gasteiger partial charge in [-0.1, -0.05) is 0 Å². The van der Waals surface area contributed by atoms with Crippen molar-refractivity contribution in [2.75, 3.05) is 25.1 Å². The van der Waals surface area contributed by atoms with Crippen molar-refractivity contribution in [2.45, 2.75) is 6.92 Å². The first-order valence-corrected chi connectivity index (χ1v) is 5.04. The van der Waals surface area contributed by atoms with Crippen LogP contribution < -0.4 is 4.90 Å². The maximum absolute atomic E-state index is 11.2. The van der Waals surface area contributed by atoms with Crippen LogP contribution in [0.4, 0.5) is 5.69 Å². The van der Waals surface area contributed by atoms with Crippen molar-refractivity contribution in [1.82, 2.24) is 0 Å². The topological polar surface area (TPSA) is 53.3 Å². The first-order valence-electron chi connectivity index (χ1n) is 5.04. The van der Waals surface area contributed by atoms with Crippen LogP contribution in [-0.4, -0.2) is 26.2 Å². The fourth-order valence-electron chi connectivity index (χ4n) is 1.28. The van der Waals surface area contributed by atoms with E-state index in [4.69, 9.17) is 10.00 Å². The van der Waals surface area contributed by atoms with Crippen LogP contribution >= 0.6 is 0 Å². The molecule has 0 aliphatic heterocycles. The van der Waals surface area contributed by atoms with E-state index in [1.54, 1.807) is 43.1 Å². The summed E-state index contributed by atoms with van der Waals surface area (Å²) in [5.41, 5.74) is 1.49. The monoisotopic (exact) mass is 218 g/mol. The summed E-state index contributed by atoms with van der Waals surface area (Å²) in [5.74, 6) is -0.255. The average molecular weight is 218 g/mol. The first-order chi connectivity index (χ1) is 7.67. The van der Waals surface area contributed by atoms with Crippen LogP contribution in [-0.2, 0) is 9.53 Å². The van der Waals surface area contributed by atoms with E-state index in [-0.39, 0.29) is 12.5 Å². The molecule has 0 unspecified atom stereocenters. The lowest BCUT2D eigenvalue weighted by Gasteiger charge is -2.17. The molecule has 16 heavy (non-hydrogen) atoms. The Kier molecular flexibility index (Phi) is 4.34. The number of carbonyl (C=O) groups excluding carboxylic acids is 1. The molecule has 0 atom stereocenters. The number of hydrogen-bond acceptors (Lipinski definition) is 4. The predicted octanol–water partition coefficient (Wildman–Crippen LogP) is 1.56. The molecule has 0 radical (unpaired) electrons. The molecule has 0 saturated heterocycles. The molecule has 0 amide bonds. The van der Waals surface area contributed by atoms with Crippen molar-refractivity contribution >= 4 is 11.7 Å². The van der Waals surface area contributed by atoms with E-state index in [0.29, 0.717) is 12.2 Å². The molecule has 0 spiro atoms. The van der Waals surface area contributed by atoms with Gasteiger partial charge in [-0.05, 0) is 31.2 Å². The molecule has 1 aromatic carbocycles. The number of hydrogen-bond donors (Lipinski definition) is 0. The summed E-state index contributed by atoms with van der Waals surface area (Å²) in [4.78, 5) is 13.0. The summed E-state index contributed by atoms with van der Waals surface area (Å²) in [6.07, 6.45) is 0. The van der Waals surface area contributed by atoms with E-state index in [1.165, 1.54) is 0 Å². The van der Waals surface area contributed by atoms with Crippen LogP contribution in [0.25, 0.3) is 0 Å². The van der Waals surface area contributed by atoms with Gasteiger partial charge in [-0.2, -0.15) is 5.26 Å². The Hall–Kier alpha value is -2.02. The fourth-order valence-corrected chi connectivity index (χ4v) is 1.28. The molecule has 0 fully saturated rings. The molecule has 1 rings (SSSR count). The Morgan fingerprint density at radius 2 is 2.06 bits per heavy atom. The maximum atomic E-state index is 11.2. The number of esters is 1. The summed E-state index contributed by atoms with van der Waals surface area (Å²) < 4.78 is 4.85. The van der Waals surface area contributed by atoms with E-state index >= 15 is 0 Å². The number of anilines is 1. The normalized spacial score (nSPS) is 9.31. The summed E-state index contributed by atoms with van der Waals surface area (Å²) in [6.45, 7) is 2.37. The second-order valence-corrected chi connectivity index (χ2v) is 3.32. The van der Waals surface area contributed by atoms with Crippen LogP contribution in [0, 0.1) is 11.3 Å². The fraction of sp³-hybridized carbons (Fsp3) is 0.333. The smallest absolute Gasteiger partial charge is 0.325 e. The van der Waals surface area contributed by atoms with Gasteiger partial charge in [0.1, 0.15) is 6.54 Å². The zero-order valence-electron chi connectivity index (χ0n) is 9.43. The average Bonchev–Trinajstić information content (AvgIpc) is 2.29. The molecule has 4 nitrogen and oxygen atoms in total. The molecule has 84 valence electrons. The van der Waals surface area contributed by atoms with E-state index < -0.39 is 0 Å². The number of carbonyl (C=O) groups is 1. The number of benzene rings is 1. The number of ether oxygens (including phenoxy) is 1. The number of rotatable bonds is 4. The van der Waals surface area contributed by atoms with Crippen LogP contribution in [0.1, 0.15) is 12.5 Å². The van der Waals surface area contributed by atoms with Crippen molar-refractivity contribution in [3.63, 3.8) is 0 Å². The molecule has 4 heteroatoms. The zero-order chi connectivity index (χ0) is 12.0. The van der Waals surface area contributed by atoms with Gasteiger partial charge < -0.3 is 9.64 Å². The quantitative estimate of drug-likeness (QED) is 0.719. The predicted molar refractivity (Wildman–Crippen MR) is 61.1 cm³/mol. The number of nitrogens with zero attached hydrogens (tertiary/aromatic N) is 2. The highest BCUT2D eigenvalue weighted by Crippen LogP contribution is 2.13. The summed E-state index contributed by atoms with van der Waals surface area (Å²) in [5, 5.41) is 8.64. The van der Waals surface area contributed by atoms with E-state index in [0.717, 1.165) is 5.69 Å². The molecule has 0 aromatic heterocycles. The Labute approximate surface area is 95.0 Å². The molecular formula is C12H14N2O2. The molecule has 0 bridgehead atoms. The third kappa shape index (κ3) is 3.28. The van der Waals surface area contributed by atoms with E-state index in [9.17, 15) is 4.79 Å².